The van der Waals surface area contributed by atoms with Gasteiger partial charge in [0.2, 0.25) is 10.0 Å². The van der Waals surface area contributed by atoms with E-state index in [-0.39, 0.29) is 29.3 Å². The summed E-state index contributed by atoms with van der Waals surface area (Å²) in [4.78, 5) is 14.4. The van der Waals surface area contributed by atoms with Crippen molar-refractivity contribution in [3.63, 3.8) is 0 Å². The van der Waals surface area contributed by atoms with Crippen LogP contribution in [-0.2, 0) is 10.0 Å². The van der Waals surface area contributed by atoms with Crippen LogP contribution in [0.3, 0.4) is 0 Å². The molecule has 0 aliphatic carbocycles. The van der Waals surface area contributed by atoms with Gasteiger partial charge >= 0.3 is 0 Å². The first-order valence-electron chi connectivity index (χ1n) is 6.88. The Balaban J connectivity index is 0.00000242. The summed E-state index contributed by atoms with van der Waals surface area (Å²) in [5.74, 6) is -0.0576. The molecule has 1 atom stereocenters. The van der Waals surface area contributed by atoms with Crippen LogP contribution in [0.5, 0.6) is 0 Å². The molecule has 2 rings (SSSR count). The fraction of sp³-hybridized carbons (Fsp3) is 0.500. The molecule has 1 saturated heterocycles. The highest BCUT2D eigenvalue weighted by atomic mass is 35.5. The molecule has 0 aromatic heterocycles. The van der Waals surface area contributed by atoms with Gasteiger partial charge in [-0.3, -0.25) is 4.79 Å². The van der Waals surface area contributed by atoms with E-state index in [2.05, 4.69) is 5.32 Å². The summed E-state index contributed by atoms with van der Waals surface area (Å²) in [6.07, 6.45) is 0. The molecule has 8 heteroatoms. The molecule has 0 saturated carbocycles. The number of carbonyl (C=O) groups is 1. The molecule has 124 valence electrons. The Bertz CT molecular complexity index is 617. The second kappa shape index (κ2) is 7.41. The third-order valence-electron chi connectivity index (χ3n) is 3.64. The Morgan fingerprint density at radius 2 is 1.86 bits per heavy atom. The maximum atomic E-state index is 12.4. The van der Waals surface area contributed by atoms with Crippen LogP contribution >= 0.6 is 12.4 Å². The summed E-state index contributed by atoms with van der Waals surface area (Å²) in [6, 6.07) is 6.25. The van der Waals surface area contributed by atoms with Crippen LogP contribution in [-0.4, -0.2) is 63.3 Å². The van der Waals surface area contributed by atoms with Crippen molar-refractivity contribution in [2.24, 2.45) is 0 Å². The molecule has 1 aromatic rings. The minimum Gasteiger partial charge on any atom is -0.333 e. The standard InChI is InChI=1S/C14H21N3O3S.ClH/c1-11-10-15-8-9-17(11)14(18)12-4-6-13(7-5-12)21(19,20)16(2)3;/h4-7,11,15H,8-10H2,1-3H3;1H/t11-;/m1./s1. The smallest absolute Gasteiger partial charge is 0.254 e. The average Bonchev–Trinajstić information content (AvgIpc) is 2.47. The topological polar surface area (TPSA) is 69.7 Å². The van der Waals surface area contributed by atoms with Crippen LogP contribution in [0.2, 0.25) is 0 Å². The van der Waals surface area contributed by atoms with E-state index in [4.69, 9.17) is 0 Å². The number of benzene rings is 1. The Morgan fingerprint density at radius 1 is 1.27 bits per heavy atom. The number of rotatable bonds is 3. The Kier molecular flexibility index (Phi) is 6.37. The van der Waals surface area contributed by atoms with E-state index in [1.165, 1.54) is 26.2 Å². The predicted molar refractivity (Wildman–Crippen MR) is 87.9 cm³/mol. The third kappa shape index (κ3) is 3.78. The second-order valence-corrected chi connectivity index (χ2v) is 7.52. The lowest BCUT2D eigenvalue weighted by atomic mass is 10.1. The zero-order valence-electron chi connectivity index (χ0n) is 12.9. The first kappa shape index (κ1) is 18.9. The summed E-state index contributed by atoms with van der Waals surface area (Å²) in [5.41, 5.74) is 0.515. The van der Waals surface area contributed by atoms with E-state index in [1.807, 2.05) is 11.8 Å². The van der Waals surface area contributed by atoms with E-state index in [1.54, 1.807) is 12.1 Å². The van der Waals surface area contributed by atoms with Crippen molar-refractivity contribution < 1.29 is 13.2 Å². The van der Waals surface area contributed by atoms with Crippen LogP contribution in [0.25, 0.3) is 0 Å². The van der Waals surface area contributed by atoms with Gasteiger partial charge in [0.1, 0.15) is 0 Å². The summed E-state index contributed by atoms with van der Waals surface area (Å²) < 4.78 is 25.1. The highest BCUT2D eigenvalue weighted by Gasteiger charge is 2.24. The molecule has 0 unspecified atom stereocenters. The van der Waals surface area contributed by atoms with E-state index in [0.717, 1.165) is 17.4 Å². The molecule has 0 radical (unpaired) electrons. The van der Waals surface area contributed by atoms with Crippen LogP contribution in [0.15, 0.2) is 29.2 Å². The van der Waals surface area contributed by atoms with Gasteiger partial charge < -0.3 is 10.2 Å². The van der Waals surface area contributed by atoms with E-state index in [9.17, 15) is 13.2 Å². The molecular formula is C14H22ClN3O3S. The van der Waals surface area contributed by atoms with Crippen molar-refractivity contribution in [3.8, 4) is 0 Å². The maximum absolute atomic E-state index is 12.4. The van der Waals surface area contributed by atoms with Gasteiger partial charge in [-0.1, -0.05) is 0 Å². The lowest BCUT2D eigenvalue weighted by Gasteiger charge is -2.34. The summed E-state index contributed by atoms with van der Waals surface area (Å²) in [6.45, 7) is 4.22. The van der Waals surface area contributed by atoms with E-state index < -0.39 is 10.0 Å². The molecule has 22 heavy (non-hydrogen) atoms. The molecule has 1 aliphatic heterocycles. The molecule has 1 heterocycles. The number of halogens is 1. The number of carbonyl (C=O) groups excluding carboxylic acids is 1. The quantitative estimate of drug-likeness (QED) is 0.877. The normalized spacial score (nSPS) is 18.9. The van der Waals surface area contributed by atoms with Gasteiger partial charge in [-0.25, -0.2) is 12.7 Å². The fourth-order valence-corrected chi connectivity index (χ4v) is 3.19. The first-order chi connectivity index (χ1) is 9.84. The Hall–Kier alpha value is -1.15. The molecule has 0 bridgehead atoms. The molecule has 0 spiro atoms. The second-order valence-electron chi connectivity index (χ2n) is 5.36. The van der Waals surface area contributed by atoms with Crippen LogP contribution in [0.1, 0.15) is 17.3 Å². The van der Waals surface area contributed by atoms with Gasteiger partial charge in [0, 0.05) is 45.3 Å². The molecule has 6 nitrogen and oxygen atoms in total. The summed E-state index contributed by atoms with van der Waals surface area (Å²) in [5, 5.41) is 3.23. The maximum Gasteiger partial charge on any atom is 0.254 e. The average molecular weight is 348 g/mol. The molecule has 1 aromatic carbocycles. The lowest BCUT2D eigenvalue weighted by Crippen LogP contribution is -2.52. The molecule has 1 amide bonds. The van der Waals surface area contributed by atoms with Crippen molar-refractivity contribution in [3.05, 3.63) is 29.8 Å². The van der Waals surface area contributed by atoms with Crippen LogP contribution < -0.4 is 5.32 Å². The van der Waals surface area contributed by atoms with Crippen LogP contribution in [0.4, 0.5) is 0 Å². The van der Waals surface area contributed by atoms with E-state index >= 15 is 0 Å². The van der Waals surface area contributed by atoms with Gasteiger partial charge in [-0.05, 0) is 31.2 Å². The molecule has 1 fully saturated rings. The Morgan fingerprint density at radius 3 is 2.36 bits per heavy atom. The first-order valence-corrected chi connectivity index (χ1v) is 8.32. The van der Waals surface area contributed by atoms with E-state index in [0.29, 0.717) is 12.1 Å². The van der Waals surface area contributed by atoms with Gasteiger partial charge in [0.05, 0.1) is 4.90 Å². The zero-order valence-corrected chi connectivity index (χ0v) is 14.6. The van der Waals surface area contributed by atoms with Gasteiger partial charge in [0.25, 0.3) is 5.91 Å². The number of nitrogens with one attached hydrogen (secondary N) is 1. The zero-order chi connectivity index (χ0) is 15.6. The highest BCUT2D eigenvalue weighted by Crippen LogP contribution is 2.16. The highest BCUT2D eigenvalue weighted by molar-refractivity contribution is 7.89. The molecular weight excluding hydrogens is 326 g/mol. The molecule has 1 N–H and O–H groups in total. The van der Waals surface area contributed by atoms with Gasteiger partial charge in [-0.15, -0.1) is 12.4 Å². The van der Waals surface area contributed by atoms with Crippen molar-refractivity contribution >= 4 is 28.3 Å². The fourth-order valence-electron chi connectivity index (χ4n) is 2.29. The Labute approximate surface area is 137 Å². The number of piperazine rings is 1. The van der Waals surface area contributed by atoms with Crippen molar-refractivity contribution in [2.45, 2.75) is 17.9 Å². The molecule has 1 aliphatic rings. The number of sulfonamides is 1. The minimum absolute atomic E-state index is 0. The monoisotopic (exact) mass is 347 g/mol. The predicted octanol–water partition coefficient (Wildman–Crippen LogP) is 0.793. The van der Waals surface area contributed by atoms with Crippen molar-refractivity contribution in [1.82, 2.24) is 14.5 Å². The summed E-state index contributed by atoms with van der Waals surface area (Å²) in [7, 11) is -0.491. The largest absolute Gasteiger partial charge is 0.333 e. The van der Waals surface area contributed by atoms with Gasteiger partial charge in [0.15, 0.2) is 0 Å². The third-order valence-corrected chi connectivity index (χ3v) is 5.47. The number of hydrogen-bond acceptors (Lipinski definition) is 4. The number of amides is 1. The summed E-state index contributed by atoms with van der Waals surface area (Å²) >= 11 is 0. The van der Waals surface area contributed by atoms with Crippen LogP contribution in [0, 0.1) is 0 Å². The van der Waals surface area contributed by atoms with Crippen molar-refractivity contribution in [2.75, 3.05) is 33.7 Å². The lowest BCUT2D eigenvalue weighted by molar-refractivity contribution is 0.0655. The minimum atomic E-state index is -3.46. The SMILES string of the molecule is C[C@@H]1CNCCN1C(=O)c1ccc(S(=O)(=O)N(C)C)cc1.Cl. The number of nitrogens with zero attached hydrogens (tertiary/aromatic N) is 2. The number of hydrogen-bond donors (Lipinski definition) is 1. The van der Waals surface area contributed by atoms with Crippen molar-refractivity contribution in [1.29, 1.82) is 0 Å². The van der Waals surface area contributed by atoms with Gasteiger partial charge in [-0.2, -0.15) is 0 Å².